The molecule has 1 aliphatic carbocycles. The van der Waals surface area contributed by atoms with E-state index in [-0.39, 0.29) is 5.25 Å². The first kappa shape index (κ1) is 18.6. The fourth-order valence-corrected chi connectivity index (χ4v) is 5.42. The molecule has 0 bridgehead atoms. The minimum Gasteiger partial charge on any atom is -0.251 e. The number of benzene rings is 2. The number of pyridine rings is 1. The zero-order valence-electron chi connectivity index (χ0n) is 15.4. The summed E-state index contributed by atoms with van der Waals surface area (Å²) in [5.74, 6) is 0. The van der Waals surface area contributed by atoms with Crippen molar-refractivity contribution in [3.05, 3.63) is 89.1 Å². The molecule has 1 heterocycles. The van der Waals surface area contributed by atoms with E-state index in [1.807, 2.05) is 18.2 Å². The Kier molecular flexibility index (Phi) is 6.16. The lowest BCUT2D eigenvalue weighted by atomic mass is 10.0. The van der Waals surface area contributed by atoms with Gasteiger partial charge < -0.3 is 0 Å². The molecule has 0 N–H and O–H groups in total. The minimum absolute atomic E-state index is 0.244. The van der Waals surface area contributed by atoms with Gasteiger partial charge in [-0.2, -0.15) is 0 Å². The first-order valence-electron chi connectivity index (χ1n) is 9.73. The van der Waals surface area contributed by atoms with E-state index in [1.165, 1.54) is 37.7 Å². The Morgan fingerprint density at radius 3 is 2.30 bits per heavy atom. The van der Waals surface area contributed by atoms with Gasteiger partial charge in [-0.3, -0.25) is 4.98 Å². The highest BCUT2D eigenvalue weighted by molar-refractivity contribution is 8.00. The summed E-state index contributed by atoms with van der Waals surface area (Å²) >= 11 is 8.21. The Labute approximate surface area is 171 Å². The van der Waals surface area contributed by atoms with Crippen LogP contribution in [-0.2, 0) is 0 Å². The SMILES string of the molecule is Clc1ccc(C(SC2CCCCC2)c2cccc(-c3ccccc3)n2)cc1. The molecule has 1 unspecified atom stereocenters. The maximum absolute atomic E-state index is 6.14. The van der Waals surface area contributed by atoms with Crippen LogP contribution in [0.25, 0.3) is 11.3 Å². The maximum atomic E-state index is 6.14. The third kappa shape index (κ3) is 4.75. The van der Waals surface area contributed by atoms with E-state index in [0.29, 0.717) is 5.25 Å². The molecule has 1 fully saturated rings. The summed E-state index contributed by atoms with van der Waals surface area (Å²) in [6.45, 7) is 0. The summed E-state index contributed by atoms with van der Waals surface area (Å²) < 4.78 is 0. The van der Waals surface area contributed by atoms with Gasteiger partial charge >= 0.3 is 0 Å². The van der Waals surface area contributed by atoms with Crippen LogP contribution in [0.4, 0.5) is 0 Å². The second-order valence-corrected chi connectivity index (χ2v) is 8.99. The van der Waals surface area contributed by atoms with Crippen LogP contribution in [-0.4, -0.2) is 10.2 Å². The molecule has 1 nitrogen and oxygen atoms in total. The third-order valence-electron chi connectivity index (χ3n) is 5.16. The van der Waals surface area contributed by atoms with E-state index in [2.05, 4.69) is 66.4 Å². The standard InChI is InChI=1S/C24H24ClNS/c25-20-16-14-19(15-17-20)24(27-21-10-5-2-6-11-21)23-13-7-12-22(26-23)18-8-3-1-4-9-18/h1,3-4,7-9,12-17,21,24H,2,5-6,10-11H2. The van der Waals surface area contributed by atoms with E-state index < -0.39 is 0 Å². The third-order valence-corrected chi connectivity index (χ3v) is 7.06. The van der Waals surface area contributed by atoms with E-state index >= 15 is 0 Å². The maximum Gasteiger partial charge on any atom is 0.0722 e. The largest absolute Gasteiger partial charge is 0.251 e. The van der Waals surface area contributed by atoms with Crippen molar-refractivity contribution in [3.8, 4) is 11.3 Å². The van der Waals surface area contributed by atoms with Gasteiger partial charge in [-0.25, -0.2) is 0 Å². The van der Waals surface area contributed by atoms with Gasteiger partial charge in [0.1, 0.15) is 0 Å². The summed E-state index contributed by atoms with van der Waals surface area (Å²) in [6, 6.07) is 25.1. The smallest absolute Gasteiger partial charge is 0.0722 e. The van der Waals surface area contributed by atoms with Crippen molar-refractivity contribution in [2.75, 3.05) is 0 Å². The first-order chi connectivity index (χ1) is 13.3. The number of hydrogen-bond acceptors (Lipinski definition) is 2. The van der Waals surface area contributed by atoms with Crippen molar-refractivity contribution in [1.82, 2.24) is 4.98 Å². The molecular formula is C24H24ClNS. The summed E-state index contributed by atoms with van der Waals surface area (Å²) in [4.78, 5) is 5.05. The van der Waals surface area contributed by atoms with Gasteiger partial charge in [-0.15, -0.1) is 11.8 Å². The van der Waals surface area contributed by atoms with E-state index in [4.69, 9.17) is 16.6 Å². The van der Waals surface area contributed by atoms with Crippen LogP contribution < -0.4 is 0 Å². The molecule has 0 amide bonds. The average Bonchev–Trinajstić information content (AvgIpc) is 2.74. The molecule has 0 aliphatic heterocycles. The summed E-state index contributed by atoms with van der Waals surface area (Å²) in [5, 5.41) is 1.74. The van der Waals surface area contributed by atoms with Crippen LogP contribution in [0.1, 0.15) is 48.6 Å². The molecule has 2 aromatic carbocycles. The number of thioether (sulfide) groups is 1. The molecular weight excluding hydrogens is 370 g/mol. The molecule has 0 saturated heterocycles. The van der Waals surface area contributed by atoms with Gasteiger partial charge in [0, 0.05) is 15.8 Å². The number of halogens is 1. The molecule has 0 spiro atoms. The van der Waals surface area contributed by atoms with Gasteiger partial charge in [0.05, 0.1) is 16.6 Å². The van der Waals surface area contributed by atoms with Crippen LogP contribution in [0, 0.1) is 0 Å². The Morgan fingerprint density at radius 2 is 1.56 bits per heavy atom. The van der Waals surface area contributed by atoms with Crippen LogP contribution in [0.5, 0.6) is 0 Å². The van der Waals surface area contributed by atoms with Gasteiger partial charge in [0.2, 0.25) is 0 Å². The number of rotatable bonds is 5. The van der Waals surface area contributed by atoms with E-state index in [1.54, 1.807) is 0 Å². The molecule has 138 valence electrons. The van der Waals surface area contributed by atoms with Gasteiger partial charge in [-0.05, 0) is 42.7 Å². The van der Waals surface area contributed by atoms with Gasteiger partial charge in [0.25, 0.3) is 0 Å². The summed E-state index contributed by atoms with van der Waals surface area (Å²) in [7, 11) is 0. The fourth-order valence-electron chi connectivity index (χ4n) is 3.72. The van der Waals surface area contributed by atoms with Crippen LogP contribution in [0.3, 0.4) is 0 Å². The van der Waals surface area contributed by atoms with Crippen molar-refractivity contribution in [1.29, 1.82) is 0 Å². The second kappa shape index (κ2) is 8.95. The molecule has 3 aromatic rings. The number of hydrogen-bond donors (Lipinski definition) is 0. The van der Waals surface area contributed by atoms with Gasteiger partial charge in [0.15, 0.2) is 0 Å². The lowest BCUT2D eigenvalue weighted by Crippen LogP contribution is -2.12. The zero-order chi connectivity index (χ0) is 18.5. The Morgan fingerprint density at radius 1 is 0.815 bits per heavy atom. The minimum atomic E-state index is 0.244. The van der Waals surface area contributed by atoms with Crippen molar-refractivity contribution < 1.29 is 0 Å². The molecule has 27 heavy (non-hydrogen) atoms. The summed E-state index contributed by atoms with van der Waals surface area (Å²) in [6.07, 6.45) is 6.70. The molecule has 1 atom stereocenters. The average molecular weight is 394 g/mol. The Balaban J connectivity index is 1.68. The monoisotopic (exact) mass is 393 g/mol. The highest BCUT2D eigenvalue weighted by Crippen LogP contribution is 2.42. The predicted molar refractivity (Wildman–Crippen MR) is 117 cm³/mol. The predicted octanol–water partition coefficient (Wildman–Crippen LogP) is 7.56. The normalized spacial score (nSPS) is 16.2. The van der Waals surface area contributed by atoms with Crippen LogP contribution in [0.15, 0.2) is 72.8 Å². The molecule has 0 radical (unpaired) electrons. The topological polar surface area (TPSA) is 12.9 Å². The van der Waals surface area contributed by atoms with E-state index in [0.717, 1.165) is 22.0 Å². The quantitative estimate of drug-likeness (QED) is 0.443. The molecule has 4 rings (SSSR count). The lowest BCUT2D eigenvalue weighted by molar-refractivity contribution is 0.515. The Hall–Kier alpha value is -1.77. The molecule has 1 aliphatic rings. The fraction of sp³-hybridized carbons (Fsp3) is 0.292. The van der Waals surface area contributed by atoms with Crippen molar-refractivity contribution in [2.24, 2.45) is 0 Å². The van der Waals surface area contributed by atoms with E-state index in [9.17, 15) is 0 Å². The van der Waals surface area contributed by atoms with Crippen LogP contribution >= 0.6 is 23.4 Å². The van der Waals surface area contributed by atoms with Crippen molar-refractivity contribution in [2.45, 2.75) is 42.6 Å². The highest BCUT2D eigenvalue weighted by Gasteiger charge is 2.23. The first-order valence-corrected chi connectivity index (χ1v) is 11.0. The van der Waals surface area contributed by atoms with Crippen LogP contribution in [0.2, 0.25) is 5.02 Å². The second-order valence-electron chi connectivity index (χ2n) is 7.14. The highest BCUT2D eigenvalue weighted by atomic mass is 35.5. The molecule has 1 aromatic heterocycles. The summed E-state index contributed by atoms with van der Waals surface area (Å²) in [5.41, 5.74) is 4.62. The zero-order valence-corrected chi connectivity index (χ0v) is 16.9. The lowest BCUT2D eigenvalue weighted by Gasteiger charge is -2.26. The van der Waals surface area contributed by atoms with Crippen molar-refractivity contribution in [3.63, 3.8) is 0 Å². The molecule has 1 saturated carbocycles. The van der Waals surface area contributed by atoms with Gasteiger partial charge in [-0.1, -0.05) is 79.4 Å². The number of aromatic nitrogens is 1. The Bertz CT molecular complexity index is 857. The van der Waals surface area contributed by atoms with Crippen molar-refractivity contribution >= 4 is 23.4 Å². The number of nitrogens with zero attached hydrogens (tertiary/aromatic N) is 1. The molecule has 3 heteroatoms.